The van der Waals surface area contributed by atoms with Gasteiger partial charge in [0.15, 0.2) is 0 Å². The van der Waals surface area contributed by atoms with Gasteiger partial charge in [0.25, 0.3) is 0 Å². The molecular weight excluding hydrogens is 357 g/mol. The molecular formula is C17H18ClF3N2O2. The highest BCUT2D eigenvalue weighted by Crippen LogP contribution is 2.47. The van der Waals surface area contributed by atoms with Gasteiger partial charge in [-0.3, -0.25) is 9.59 Å². The van der Waals surface area contributed by atoms with E-state index in [4.69, 9.17) is 11.6 Å². The number of alkyl halides is 3. The molecule has 2 aliphatic carbocycles. The summed E-state index contributed by atoms with van der Waals surface area (Å²) in [7, 11) is 0. The average molecular weight is 375 g/mol. The van der Waals surface area contributed by atoms with E-state index in [9.17, 15) is 22.8 Å². The fraction of sp³-hybridized carbons (Fsp3) is 0.529. The van der Waals surface area contributed by atoms with Crippen molar-refractivity contribution in [1.29, 1.82) is 0 Å². The molecule has 0 saturated heterocycles. The molecule has 0 aliphatic heterocycles. The van der Waals surface area contributed by atoms with Crippen molar-refractivity contribution in [3.63, 3.8) is 0 Å². The minimum Gasteiger partial charge on any atom is -0.352 e. The minimum atomic E-state index is -4.54. The van der Waals surface area contributed by atoms with Gasteiger partial charge in [0, 0.05) is 6.04 Å². The standard InChI is InChI=1S/C17H18ClF3N2O2/c18-12-6-5-10(17(19,20)21)9-13(12)23-15(25)16(7-8-16)14(24)22-11-3-1-2-4-11/h5-6,9,11H,1-4,7-8H2,(H,22,24)(H,23,25). The van der Waals surface area contributed by atoms with E-state index in [2.05, 4.69) is 10.6 Å². The Morgan fingerprint density at radius 2 is 1.76 bits per heavy atom. The molecule has 0 bridgehead atoms. The molecule has 2 amide bonds. The zero-order chi connectivity index (χ0) is 18.2. The zero-order valence-corrected chi connectivity index (χ0v) is 14.1. The van der Waals surface area contributed by atoms with E-state index in [0.29, 0.717) is 12.8 Å². The van der Waals surface area contributed by atoms with Crippen molar-refractivity contribution in [2.45, 2.75) is 50.7 Å². The Morgan fingerprint density at radius 1 is 1.12 bits per heavy atom. The first-order valence-electron chi connectivity index (χ1n) is 8.21. The van der Waals surface area contributed by atoms with E-state index in [1.807, 2.05) is 0 Å². The zero-order valence-electron chi connectivity index (χ0n) is 13.4. The Balaban J connectivity index is 1.72. The van der Waals surface area contributed by atoms with Crippen molar-refractivity contribution in [1.82, 2.24) is 5.32 Å². The second-order valence-electron chi connectivity index (χ2n) is 6.68. The number of hydrogen-bond acceptors (Lipinski definition) is 2. The number of carbonyl (C=O) groups excluding carboxylic acids is 2. The van der Waals surface area contributed by atoms with Crippen molar-refractivity contribution in [3.8, 4) is 0 Å². The van der Waals surface area contributed by atoms with Crippen LogP contribution in [0.1, 0.15) is 44.1 Å². The molecule has 136 valence electrons. The van der Waals surface area contributed by atoms with Crippen molar-refractivity contribution in [3.05, 3.63) is 28.8 Å². The fourth-order valence-corrected chi connectivity index (χ4v) is 3.28. The van der Waals surface area contributed by atoms with Crippen LogP contribution in [0.25, 0.3) is 0 Å². The van der Waals surface area contributed by atoms with Gasteiger partial charge < -0.3 is 10.6 Å². The van der Waals surface area contributed by atoms with E-state index < -0.39 is 23.1 Å². The summed E-state index contributed by atoms with van der Waals surface area (Å²) in [4.78, 5) is 25.0. The van der Waals surface area contributed by atoms with E-state index in [-0.39, 0.29) is 22.7 Å². The molecule has 1 aromatic rings. The van der Waals surface area contributed by atoms with Crippen LogP contribution in [0, 0.1) is 5.41 Å². The topological polar surface area (TPSA) is 58.2 Å². The first-order chi connectivity index (χ1) is 11.7. The first-order valence-corrected chi connectivity index (χ1v) is 8.59. The van der Waals surface area contributed by atoms with Gasteiger partial charge in [-0.2, -0.15) is 13.2 Å². The van der Waals surface area contributed by atoms with E-state index in [1.165, 1.54) is 0 Å². The highest BCUT2D eigenvalue weighted by atomic mass is 35.5. The third-order valence-corrected chi connectivity index (χ3v) is 5.18. The third kappa shape index (κ3) is 3.76. The molecule has 25 heavy (non-hydrogen) atoms. The third-order valence-electron chi connectivity index (χ3n) is 4.85. The molecule has 2 aliphatic rings. The van der Waals surface area contributed by atoms with Gasteiger partial charge >= 0.3 is 6.18 Å². The lowest BCUT2D eigenvalue weighted by molar-refractivity contribution is -0.138. The van der Waals surface area contributed by atoms with Gasteiger partial charge in [-0.15, -0.1) is 0 Å². The van der Waals surface area contributed by atoms with Gasteiger partial charge in [-0.1, -0.05) is 24.4 Å². The number of carbonyl (C=O) groups is 2. The van der Waals surface area contributed by atoms with Crippen molar-refractivity contribution in [2.24, 2.45) is 5.41 Å². The summed E-state index contributed by atoms with van der Waals surface area (Å²) < 4.78 is 38.5. The van der Waals surface area contributed by atoms with Gasteiger partial charge in [0.1, 0.15) is 5.41 Å². The van der Waals surface area contributed by atoms with Gasteiger partial charge in [-0.05, 0) is 43.9 Å². The number of anilines is 1. The molecule has 2 fully saturated rings. The average Bonchev–Trinajstić information content (AvgIpc) is 3.20. The SMILES string of the molecule is O=C(Nc1cc(C(F)(F)F)ccc1Cl)C1(C(=O)NC2CCCC2)CC1. The van der Waals surface area contributed by atoms with Crippen LogP contribution in [0.3, 0.4) is 0 Å². The summed E-state index contributed by atoms with van der Waals surface area (Å²) >= 11 is 5.90. The molecule has 2 N–H and O–H groups in total. The number of amides is 2. The molecule has 0 unspecified atom stereocenters. The maximum absolute atomic E-state index is 12.8. The van der Waals surface area contributed by atoms with Crippen molar-refractivity contribution < 1.29 is 22.8 Å². The Bertz CT molecular complexity index is 696. The molecule has 3 rings (SSSR count). The second-order valence-corrected chi connectivity index (χ2v) is 7.09. The van der Waals surface area contributed by atoms with Crippen LogP contribution in [0.5, 0.6) is 0 Å². The number of benzene rings is 1. The smallest absolute Gasteiger partial charge is 0.352 e. The Kier molecular flexibility index (Phi) is 4.70. The summed E-state index contributed by atoms with van der Waals surface area (Å²) in [5.41, 5.74) is -2.24. The molecule has 0 aromatic heterocycles. The molecule has 8 heteroatoms. The fourth-order valence-electron chi connectivity index (χ4n) is 3.12. The van der Waals surface area contributed by atoms with Crippen LogP contribution in [0.2, 0.25) is 5.02 Å². The van der Waals surface area contributed by atoms with E-state index in [1.54, 1.807) is 0 Å². The lowest BCUT2D eigenvalue weighted by Crippen LogP contribution is -2.43. The quantitative estimate of drug-likeness (QED) is 0.778. The Morgan fingerprint density at radius 3 is 2.32 bits per heavy atom. The maximum atomic E-state index is 12.8. The predicted molar refractivity (Wildman–Crippen MR) is 87.1 cm³/mol. The summed E-state index contributed by atoms with van der Waals surface area (Å²) in [6, 6.07) is 2.79. The van der Waals surface area contributed by atoms with E-state index >= 15 is 0 Å². The number of hydrogen-bond donors (Lipinski definition) is 2. The maximum Gasteiger partial charge on any atom is 0.416 e. The highest BCUT2D eigenvalue weighted by Gasteiger charge is 2.57. The molecule has 0 atom stereocenters. The van der Waals surface area contributed by atoms with E-state index in [0.717, 1.165) is 43.9 Å². The molecule has 0 heterocycles. The Hall–Kier alpha value is -1.76. The van der Waals surface area contributed by atoms with Crippen molar-refractivity contribution in [2.75, 3.05) is 5.32 Å². The summed E-state index contributed by atoms with van der Waals surface area (Å²) in [5.74, 6) is -0.954. The van der Waals surface area contributed by atoms with Crippen molar-refractivity contribution >= 4 is 29.1 Å². The Labute approximate surface area is 148 Å². The summed E-state index contributed by atoms with van der Waals surface area (Å²) in [6.07, 6.45) is 0.100. The normalized spacial score (nSPS) is 19.5. The van der Waals surface area contributed by atoms with Gasteiger partial charge in [0.05, 0.1) is 16.3 Å². The molecule has 2 saturated carbocycles. The first kappa shape index (κ1) is 18.0. The summed E-state index contributed by atoms with van der Waals surface area (Å²) in [6.45, 7) is 0. The molecule has 0 radical (unpaired) electrons. The largest absolute Gasteiger partial charge is 0.416 e. The molecule has 1 aromatic carbocycles. The van der Waals surface area contributed by atoms with Gasteiger partial charge in [-0.25, -0.2) is 0 Å². The lowest BCUT2D eigenvalue weighted by atomic mass is 10.0. The van der Waals surface area contributed by atoms with Crippen LogP contribution in [-0.2, 0) is 15.8 Å². The van der Waals surface area contributed by atoms with Crippen LogP contribution in [0.15, 0.2) is 18.2 Å². The molecule has 4 nitrogen and oxygen atoms in total. The van der Waals surface area contributed by atoms with Crippen LogP contribution >= 0.6 is 11.6 Å². The van der Waals surface area contributed by atoms with Crippen LogP contribution in [0.4, 0.5) is 18.9 Å². The predicted octanol–water partition coefficient (Wildman–Crippen LogP) is 4.14. The second kappa shape index (κ2) is 6.52. The number of rotatable bonds is 4. The number of halogens is 4. The van der Waals surface area contributed by atoms with Gasteiger partial charge in [0.2, 0.25) is 11.8 Å². The highest BCUT2D eigenvalue weighted by molar-refractivity contribution is 6.34. The monoisotopic (exact) mass is 374 g/mol. The van der Waals surface area contributed by atoms with Crippen LogP contribution in [-0.4, -0.2) is 17.9 Å². The summed E-state index contributed by atoms with van der Waals surface area (Å²) in [5, 5.41) is 5.28. The number of nitrogens with one attached hydrogen (secondary N) is 2. The molecule has 0 spiro atoms. The minimum absolute atomic E-state index is 0.00616. The lowest BCUT2D eigenvalue weighted by Gasteiger charge is -2.19. The van der Waals surface area contributed by atoms with Crippen LogP contribution < -0.4 is 10.6 Å².